The number of carboxylic acid groups (broad SMARTS) is 1. The molecule has 8 heteroatoms. The summed E-state index contributed by atoms with van der Waals surface area (Å²) in [5, 5.41) is 11.6. The van der Waals surface area contributed by atoms with Crippen LogP contribution in [0, 0.1) is 0 Å². The fourth-order valence-corrected chi connectivity index (χ4v) is 2.34. The highest BCUT2D eigenvalue weighted by Crippen LogP contribution is 2.12. The summed E-state index contributed by atoms with van der Waals surface area (Å²) in [6.07, 6.45) is 0. The molecule has 1 unspecified atom stereocenters. The van der Waals surface area contributed by atoms with E-state index in [9.17, 15) is 14.4 Å². The van der Waals surface area contributed by atoms with Gasteiger partial charge in [-0.15, -0.1) is 0 Å². The van der Waals surface area contributed by atoms with Crippen molar-refractivity contribution < 1.29 is 29.0 Å². The first kappa shape index (κ1) is 17.7. The van der Waals surface area contributed by atoms with Crippen LogP contribution in [0.5, 0.6) is 5.75 Å². The molecule has 2 N–H and O–H groups in total. The van der Waals surface area contributed by atoms with E-state index in [4.69, 9.17) is 14.6 Å². The molecule has 8 nitrogen and oxygen atoms in total. The van der Waals surface area contributed by atoms with Crippen LogP contribution in [0.1, 0.15) is 17.3 Å². The molecule has 0 aliphatic carbocycles. The zero-order valence-corrected chi connectivity index (χ0v) is 13.4. The fourth-order valence-electron chi connectivity index (χ4n) is 2.34. The van der Waals surface area contributed by atoms with Crippen LogP contribution in [0.15, 0.2) is 24.3 Å². The SMILES string of the molecule is CCOc1ccc(C(=O)NCC(=O)N2CCOCC2C(=O)O)cc1. The van der Waals surface area contributed by atoms with Gasteiger partial charge in [0.1, 0.15) is 5.75 Å². The lowest BCUT2D eigenvalue weighted by molar-refractivity contribution is -0.157. The van der Waals surface area contributed by atoms with Gasteiger partial charge >= 0.3 is 5.97 Å². The summed E-state index contributed by atoms with van der Waals surface area (Å²) in [4.78, 5) is 36.6. The average molecular weight is 336 g/mol. The van der Waals surface area contributed by atoms with Crippen molar-refractivity contribution in [2.75, 3.05) is 32.9 Å². The van der Waals surface area contributed by atoms with E-state index in [2.05, 4.69) is 5.32 Å². The molecule has 1 atom stereocenters. The largest absolute Gasteiger partial charge is 0.494 e. The number of carbonyl (C=O) groups is 3. The molecule has 1 saturated heterocycles. The number of nitrogens with zero attached hydrogens (tertiary/aromatic N) is 1. The molecule has 1 fully saturated rings. The van der Waals surface area contributed by atoms with E-state index in [1.54, 1.807) is 24.3 Å². The third kappa shape index (κ3) is 4.45. The van der Waals surface area contributed by atoms with Crippen LogP contribution in [0.25, 0.3) is 0 Å². The maximum absolute atomic E-state index is 12.2. The predicted molar refractivity (Wildman–Crippen MR) is 83.9 cm³/mol. The minimum atomic E-state index is -1.12. The second kappa shape index (κ2) is 8.30. The highest BCUT2D eigenvalue weighted by atomic mass is 16.5. The van der Waals surface area contributed by atoms with Crippen molar-refractivity contribution in [1.82, 2.24) is 10.2 Å². The molecule has 2 amide bonds. The topological polar surface area (TPSA) is 105 Å². The van der Waals surface area contributed by atoms with Crippen LogP contribution in [0.3, 0.4) is 0 Å². The lowest BCUT2D eigenvalue weighted by atomic mass is 10.2. The minimum Gasteiger partial charge on any atom is -0.494 e. The third-order valence-electron chi connectivity index (χ3n) is 3.56. The number of aliphatic carboxylic acids is 1. The lowest BCUT2D eigenvalue weighted by Gasteiger charge is -2.32. The molecular formula is C16H20N2O6. The Morgan fingerprint density at radius 3 is 2.67 bits per heavy atom. The molecule has 0 saturated carbocycles. The summed E-state index contributed by atoms with van der Waals surface area (Å²) in [6, 6.07) is 5.51. The van der Waals surface area contributed by atoms with E-state index in [-0.39, 0.29) is 26.3 Å². The standard InChI is InChI=1S/C16H20N2O6/c1-2-24-12-5-3-11(4-6-12)15(20)17-9-14(19)18-7-8-23-10-13(18)16(21)22/h3-6,13H,2,7-10H2,1H3,(H,17,20)(H,21,22). The summed E-state index contributed by atoms with van der Waals surface area (Å²) in [5.41, 5.74) is 0.392. The Bertz CT molecular complexity index is 601. The van der Waals surface area contributed by atoms with E-state index in [1.165, 1.54) is 4.90 Å². The average Bonchev–Trinajstić information content (AvgIpc) is 2.60. The number of ether oxygens (including phenoxy) is 2. The first-order valence-corrected chi connectivity index (χ1v) is 7.64. The molecule has 0 spiro atoms. The molecule has 1 aliphatic heterocycles. The maximum atomic E-state index is 12.2. The van der Waals surface area contributed by atoms with Crippen LogP contribution >= 0.6 is 0 Å². The van der Waals surface area contributed by atoms with Crippen molar-refractivity contribution in [3.63, 3.8) is 0 Å². The summed E-state index contributed by atoms with van der Waals surface area (Å²) < 4.78 is 10.4. The molecule has 1 heterocycles. The Kier molecular flexibility index (Phi) is 6.14. The lowest BCUT2D eigenvalue weighted by Crippen LogP contribution is -2.54. The van der Waals surface area contributed by atoms with E-state index in [0.29, 0.717) is 17.9 Å². The smallest absolute Gasteiger partial charge is 0.328 e. The number of carboxylic acids is 1. The van der Waals surface area contributed by atoms with Gasteiger partial charge in [-0.05, 0) is 31.2 Å². The Morgan fingerprint density at radius 2 is 2.04 bits per heavy atom. The second-order valence-corrected chi connectivity index (χ2v) is 5.16. The van der Waals surface area contributed by atoms with Crippen LogP contribution in [-0.4, -0.2) is 66.7 Å². The predicted octanol–water partition coefficient (Wildman–Crippen LogP) is 0.127. The number of nitrogens with one attached hydrogen (secondary N) is 1. The van der Waals surface area contributed by atoms with Gasteiger partial charge in [-0.25, -0.2) is 4.79 Å². The van der Waals surface area contributed by atoms with Crippen LogP contribution in [0.2, 0.25) is 0 Å². The van der Waals surface area contributed by atoms with E-state index in [0.717, 1.165) is 0 Å². The van der Waals surface area contributed by atoms with Gasteiger partial charge < -0.3 is 24.8 Å². The molecule has 2 rings (SSSR count). The number of morpholine rings is 1. The van der Waals surface area contributed by atoms with Crippen LogP contribution in [-0.2, 0) is 14.3 Å². The van der Waals surface area contributed by atoms with E-state index < -0.39 is 23.8 Å². The summed E-state index contributed by atoms with van der Waals surface area (Å²) >= 11 is 0. The van der Waals surface area contributed by atoms with Crippen molar-refractivity contribution in [3.8, 4) is 5.75 Å². The van der Waals surface area contributed by atoms with Crippen molar-refractivity contribution in [2.24, 2.45) is 0 Å². The van der Waals surface area contributed by atoms with Gasteiger partial charge in [-0.3, -0.25) is 9.59 Å². The maximum Gasteiger partial charge on any atom is 0.328 e. The molecule has 0 aromatic heterocycles. The minimum absolute atomic E-state index is 0.0477. The molecule has 0 bridgehead atoms. The zero-order chi connectivity index (χ0) is 17.5. The molecule has 0 radical (unpaired) electrons. The number of amides is 2. The number of hydrogen-bond donors (Lipinski definition) is 2. The monoisotopic (exact) mass is 336 g/mol. The Morgan fingerprint density at radius 1 is 1.33 bits per heavy atom. The van der Waals surface area contributed by atoms with Gasteiger partial charge in [-0.2, -0.15) is 0 Å². The molecule has 130 valence electrons. The van der Waals surface area contributed by atoms with Crippen molar-refractivity contribution in [1.29, 1.82) is 0 Å². The van der Waals surface area contributed by atoms with Crippen molar-refractivity contribution >= 4 is 17.8 Å². The van der Waals surface area contributed by atoms with Crippen LogP contribution in [0.4, 0.5) is 0 Å². The number of rotatable bonds is 6. The van der Waals surface area contributed by atoms with Gasteiger partial charge in [0.15, 0.2) is 6.04 Å². The van der Waals surface area contributed by atoms with Gasteiger partial charge in [0.2, 0.25) is 5.91 Å². The summed E-state index contributed by atoms with van der Waals surface area (Å²) in [6.45, 7) is 2.55. The normalized spacial score (nSPS) is 17.2. The Labute approximate surface area is 139 Å². The van der Waals surface area contributed by atoms with Gasteiger partial charge in [0.25, 0.3) is 5.91 Å². The van der Waals surface area contributed by atoms with Crippen LogP contribution < -0.4 is 10.1 Å². The van der Waals surface area contributed by atoms with Gasteiger partial charge in [0.05, 0.1) is 26.4 Å². The zero-order valence-electron chi connectivity index (χ0n) is 13.4. The molecule has 1 aliphatic rings. The number of carbonyl (C=O) groups excluding carboxylic acids is 2. The summed E-state index contributed by atoms with van der Waals surface area (Å²) in [5.74, 6) is -1.33. The van der Waals surface area contributed by atoms with E-state index >= 15 is 0 Å². The van der Waals surface area contributed by atoms with Gasteiger partial charge in [0, 0.05) is 12.1 Å². The summed E-state index contributed by atoms with van der Waals surface area (Å²) in [7, 11) is 0. The number of hydrogen-bond acceptors (Lipinski definition) is 5. The quantitative estimate of drug-likeness (QED) is 0.765. The molecule has 1 aromatic rings. The highest BCUT2D eigenvalue weighted by molar-refractivity contribution is 5.97. The van der Waals surface area contributed by atoms with E-state index in [1.807, 2.05) is 6.92 Å². The van der Waals surface area contributed by atoms with Crippen molar-refractivity contribution in [2.45, 2.75) is 13.0 Å². The Hall–Kier alpha value is -2.61. The first-order valence-electron chi connectivity index (χ1n) is 7.64. The first-order chi connectivity index (χ1) is 11.5. The number of benzene rings is 1. The molecule has 1 aromatic carbocycles. The second-order valence-electron chi connectivity index (χ2n) is 5.16. The van der Waals surface area contributed by atoms with Gasteiger partial charge in [-0.1, -0.05) is 0 Å². The fraction of sp³-hybridized carbons (Fsp3) is 0.438. The molecular weight excluding hydrogens is 316 g/mol. The Balaban J connectivity index is 1.90. The van der Waals surface area contributed by atoms with Crippen molar-refractivity contribution in [3.05, 3.63) is 29.8 Å². The third-order valence-corrected chi connectivity index (χ3v) is 3.56. The highest BCUT2D eigenvalue weighted by Gasteiger charge is 2.32. The molecule has 24 heavy (non-hydrogen) atoms.